The van der Waals surface area contributed by atoms with Crippen molar-refractivity contribution in [3.63, 3.8) is 0 Å². The minimum absolute atomic E-state index is 0.0607. The first kappa shape index (κ1) is 13.9. The monoisotopic (exact) mass is 282 g/mol. The minimum atomic E-state index is -3.25. The number of sulfonamides is 1. The lowest BCUT2D eigenvalue weighted by Crippen LogP contribution is -2.29. The fourth-order valence-electron chi connectivity index (χ4n) is 1.20. The van der Waals surface area contributed by atoms with Crippen LogP contribution in [0.25, 0.3) is 0 Å². The molecule has 92 valence electrons. The van der Waals surface area contributed by atoms with Gasteiger partial charge in [-0.3, -0.25) is 0 Å². The van der Waals surface area contributed by atoms with E-state index in [9.17, 15) is 8.42 Å². The van der Waals surface area contributed by atoms with Crippen LogP contribution in [0.4, 0.5) is 0 Å². The Balaban J connectivity index is 2.60. The van der Waals surface area contributed by atoms with Gasteiger partial charge in [-0.2, -0.15) is 0 Å². The number of aromatic nitrogens is 1. The first-order valence-corrected chi connectivity index (χ1v) is 7.93. The Bertz CT molecular complexity index is 430. The summed E-state index contributed by atoms with van der Waals surface area (Å²) in [6.07, 6.45) is 2.20. The molecular weight excluding hydrogens is 268 g/mol. The Morgan fingerprint density at radius 2 is 2.31 bits per heavy atom. The number of thiazole rings is 1. The van der Waals surface area contributed by atoms with Crippen LogP contribution in [0.15, 0.2) is 6.20 Å². The van der Waals surface area contributed by atoms with Gasteiger partial charge in [0.25, 0.3) is 0 Å². The number of alkyl halides is 1. The van der Waals surface area contributed by atoms with Crippen LogP contribution in [0.1, 0.15) is 29.3 Å². The van der Waals surface area contributed by atoms with Gasteiger partial charge in [0.05, 0.1) is 11.8 Å². The van der Waals surface area contributed by atoms with E-state index in [-0.39, 0.29) is 11.8 Å². The molecule has 0 saturated carbocycles. The number of nitrogens with one attached hydrogen (secondary N) is 1. The highest BCUT2D eigenvalue weighted by Gasteiger charge is 2.17. The van der Waals surface area contributed by atoms with Crippen molar-refractivity contribution in [2.75, 3.05) is 11.6 Å². The zero-order chi connectivity index (χ0) is 12.2. The molecule has 0 bridgehead atoms. The lowest BCUT2D eigenvalue weighted by molar-refractivity contribution is 0.565. The summed E-state index contributed by atoms with van der Waals surface area (Å²) < 4.78 is 25.8. The van der Waals surface area contributed by atoms with Crippen molar-refractivity contribution in [2.24, 2.45) is 0 Å². The third-order valence-electron chi connectivity index (χ3n) is 1.91. The highest BCUT2D eigenvalue weighted by Crippen LogP contribution is 2.19. The van der Waals surface area contributed by atoms with Gasteiger partial charge in [0, 0.05) is 17.0 Å². The van der Waals surface area contributed by atoms with Gasteiger partial charge in [0.1, 0.15) is 5.01 Å². The standard InChI is InChI=1S/C9H15ClN2O2S2/c1-7-6-11-9(15-7)8(2)12-16(13,14)5-3-4-10/h6,8,12H,3-5H2,1-2H3. The van der Waals surface area contributed by atoms with E-state index in [1.54, 1.807) is 13.1 Å². The van der Waals surface area contributed by atoms with E-state index in [0.29, 0.717) is 12.3 Å². The number of rotatable bonds is 6. The van der Waals surface area contributed by atoms with Crippen LogP contribution in [-0.2, 0) is 10.0 Å². The summed E-state index contributed by atoms with van der Waals surface area (Å²) in [5, 5.41) is 0.784. The van der Waals surface area contributed by atoms with Crippen LogP contribution in [0, 0.1) is 6.92 Å². The summed E-state index contributed by atoms with van der Waals surface area (Å²) in [7, 11) is -3.25. The zero-order valence-corrected chi connectivity index (χ0v) is 11.6. The van der Waals surface area contributed by atoms with E-state index in [1.807, 2.05) is 6.92 Å². The van der Waals surface area contributed by atoms with Crippen molar-refractivity contribution in [3.05, 3.63) is 16.1 Å². The molecule has 1 atom stereocenters. The third-order valence-corrected chi connectivity index (χ3v) is 4.81. The Hall–Kier alpha value is -0.170. The van der Waals surface area contributed by atoms with E-state index in [1.165, 1.54) is 11.3 Å². The minimum Gasteiger partial charge on any atom is -0.248 e. The quantitative estimate of drug-likeness (QED) is 0.813. The van der Waals surface area contributed by atoms with Crippen LogP contribution in [0.3, 0.4) is 0 Å². The summed E-state index contributed by atoms with van der Waals surface area (Å²) in [5.41, 5.74) is 0. The van der Waals surface area contributed by atoms with Crippen molar-refractivity contribution in [1.29, 1.82) is 0 Å². The van der Waals surface area contributed by atoms with Gasteiger partial charge >= 0.3 is 0 Å². The van der Waals surface area contributed by atoms with Gasteiger partial charge in [-0.25, -0.2) is 18.1 Å². The summed E-state index contributed by atoms with van der Waals surface area (Å²) in [6, 6.07) is -0.279. The molecule has 0 amide bonds. The first-order chi connectivity index (χ1) is 7.44. The van der Waals surface area contributed by atoms with Gasteiger partial charge < -0.3 is 0 Å². The molecule has 0 saturated heterocycles. The molecule has 0 aromatic carbocycles. The molecule has 1 aromatic rings. The molecule has 0 aliphatic heterocycles. The van der Waals surface area contributed by atoms with Gasteiger partial charge in [-0.15, -0.1) is 22.9 Å². The fourth-order valence-corrected chi connectivity index (χ4v) is 3.63. The van der Waals surface area contributed by atoms with Crippen LogP contribution in [0.2, 0.25) is 0 Å². The molecule has 1 N–H and O–H groups in total. The third kappa shape index (κ3) is 4.37. The van der Waals surface area contributed by atoms with Crippen LogP contribution < -0.4 is 4.72 Å². The molecule has 1 unspecified atom stereocenters. The number of hydrogen-bond acceptors (Lipinski definition) is 4. The second kappa shape index (κ2) is 5.95. The van der Waals surface area contributed by atoms with Crippen molar-refractivity contribution in [3.8, 4) is 0 Å². The predicted octanol–water partition coefficient (Wildman–Crippen LogP) is 2.06. The van der Waals surface area contributed by atoms with Crippen LogP contribution in [-0.4, -0.2) is 25.0 Å². The maximum Gasteiger partial charge on any atom is 0.212 e. The Morgan fingerprint density at radius 3 is 2.81 bits per heavy atom. The van der Waals surface area contributed by atoms with Crippen LogP contribution in [0.5, 0.6) is 0 Å². The summed E-state index contributed by atoms with van der Waals surface area (Å²) in [4.78, 5) is 5.22. The second-order valence-corrected chi connectivity index (χ2v) is 7.03. The molecule has 4 nitrogen and oxygen atoms in total. The molecule has 16 heavy (non-hydrogen) atoms. The second-order valence-electron chi connectivity index (χ2n) is 3.51. The van der Waals surface area contributed by atoms with E-state index in [2.05, 4.69) is 9.71 Å². The largest absolute Gasteiger partial charge is 0.248 e. The van der Waals surface area contributed by atoms with Gasteiger partial charge in [-0.05, 0) is 20.3 Å². The molecule has 0 spiro atoms. The average molecular weight is 283 g/mol. The van der Waals surface area contributed by atoms with Crippen molar-refractivity contribution in [1.82, 2.24) is 9.71 Å². The molecule has 1 aromatic heterocycles. The van der Waals surface area contributed by atoms with Gasteiger partial charge in [0.15, 0.2) is 0 Å². The Labute approximate surface area is 105 Å². The number of hydrogen-bond donors (Lipinski definition) is 1. The molecule has 0 radical (unpaired) electrons. The highest BCUT2D eigenvalue weighted by atomic mass is 35.5. The molecule has 0 aliphatic carbocycles. The Kier molecular flexibility index (Phi) is 5.17. The first-order valence-electron chi connectivity index (χ1n) is 4.93. The lowest BCUT2D eigenvalue weighted by Gasteiger charge is -2.11. The molecule has 7 heteroatoms. The molecule has 0 fully saturated rings. The average Bonchev–Trinajstić information content (AvgIpc) is 2.61. The highest BCUT2D eigenvalue weighted by molar-refractivity contribution is 7.89. The summed E-state index contributed by atoms with van der Waals surface area (Å²) >= 11 is 6.96. The molecule has 0 aliphatic rings. The van der Waals surface area contributed by atoms with E-state index < -0.39 is 10.0 Å². The number of aryl methyl sites for hydroxylation is 1. The van der Waals surface area contributed by atoms with Crippen molar-refractivity contribution >= 4 is 33.0 Å². The van der Waals surface area contributed by atoms with E-state index in [4.69, 9.17) is 11.6 Å². The molecular formula is C9H15ClN2O2S2. The van der Waals surface area contributed by atoms with Crippen molar-refractivity contribution < 1.29 is 8.42 Å². The van der Waals surface area contributed by atoms with E-state index in [0.717, 1.165) is 9.88 Å². The van der Waals surface area contributed by atoms with Gasteiger partial charge in [0.2, 0.25) is 10.0 Å². The summed E-state index contributed by atoms with van der Waals surface area (Å²) in [6.45, 7) is 3.73. The maximum atomic E-state index is 11.6. The SMILES string of the molecule is Cc1cnc(C(C)NS(=O)(=O)CCCCl)s1. The molecule has 1 rings (SSSR count). The fraction of sp³-hybridized carbons (Fsp3) is 0.667. The maximum absolute atomic E-state index is 11.6. The number of nitrogens with zero attached hydrogens (tertiary/aromatic N) is 1. The topological polar surface area (TPSA) is 59.1 Å². The smallest absolute Gasteiger partial charge is 0.212 e. The zero-order valence-electron chi connectivity index (χ0n) is 9.23. The lowest BCUT2D eigenvalue weighted by atomic mass is 10.4. The van der Waals surface area contributed by atoms with Crippen molar-refractivity contribution in [2.45, 2.75) is 26.3 Å². The Morgan fingerprint density at radius 1 is 1.62 bits per heavy atom. The van der Waals surface area contributed by atoms with Crippen LogP contribution >= 0.6 is 22.9 Å². The predicted molar refractivity (Wildman–Crippen MR) is 67.5 cm³/mol. The number of halogens is 1. The molecule has 1 heterocycles. The normalized spacial score (nSPS) is 13.9. The van der Waals surface area contributed by atoms with Gasteiger partial charge in [-0.1, -0.05) is 0 Å². The van der Waals surface area contributed by atoms with E-state index >= 15 is 0 Å². The summed E-state index contributed by atoms with van der Waals surface area (Å²) in [5.74, 6) is 0.414.